The van der Waals surface area contributed by atoms with Gasteiger partial charge in [-0.05, 0) is 24.6 Å². The normalized spacial score (nSPS) is 11.7. The minimum atomic E-state index is -2.31. The van der Waals surface area contributed by atoms with Crippen LogP contribution in [0.15, 0.2) is 54.6 Å². The predicted molar refractivity (Wildman–Crippen MR) is 107 cm³/mol. The fourth-order valence-corrected chi connectivity index (χ4v) is 3.05. The summed E-state index contributed by atoms with van der Waals surface area (Å²) in [7, 11) is 0. The molecule has 166 valence electrons. The van der Waals surface area contributed by atoms with E-state index in [1.165, 1.54) is 18.2 Å². The fraction of sp³-hybridized carbons (Fsp3) is 0.130. The summed E-state index contributed by atoms with van der Waals surface area (Å²) in [6.07, 6.45) is -1.12. The maximum absolute atomic E-state index is 13.8. The van der Waals surface area contributed by atoms with Crippen molar-refractivity contribution in [3.63, 3.8) is 0 Å². The summed E-state index contributed by atoms with van der Waals surface area (Å²) in [6, 6.07) is 14.6. The minimum Gasteiger partial charge on any atom is -0.345 e. The van der Waals surface area contributed by atoms with Crippen molar-refractivity contribution in [1.82, 2.24) is 5.32 Å². The Hall–Kier alpha value is -3.75. The van der Waals surface area contributed by atoms with Crippen molar-refractivity contribution in [3.8, 4) is 0 Å². The Morgan fingerprint density at radius 2 is 1.31 bits per heavy atom. The lowest BCUT2D eigenvalue weighted by molar-refractivity contribution is -0.115. The van der Waals surface area contributed by atoms with Crippen LogP contribution in [0.2, 0.25) is 0 Å². The number of carbonyl (C=O) groups excluding carboxylic acids is 2. The van der Waals surface area contributed by atoms with Crippen LogP contribution in [0.25, 0.3) is 0 Å². The minimum absolute atomic E-state index is 0.0131. The van der Waals surface area contributed by atoms with Crippen LogP contribution in [0, 0.1) is 29.1 Å². The van der Waals surface area contributed by atoms with Crippen molar-refractivity contribution in [2.24, 2.45) is 0 Å². The van der Waals surface area contributed by atoms with Crippen molar-refractivity contribution in [1.29, 1.82) is 0 Å². The number of carbonyl (C=O) groups is 2. The highest BCUT2D eigenvalue weighted by atomic mass is 19.2. The Labute approximate surface area is 180 Å². The first-order chi connectivity index (χ1) is 15.2. The largest absolute Gasteiger partial charge is 0.345 e. The van der Waals surface area contributed by atoms with E-state index in [0.29, 0.717) is 0 Å². The number of nitrogens with one attached hydrogen (secondary N) is 2. The van der Waals surface area contributed by atoms with Crippen molar-refractivity contribution in [3.05, 3.63) is 100 Å². The van der Waals surface area contributed by atoms with Gasteiger partial charge in [-0.15, -0.1) is 0 Å². The second-order valence-electron chi connectivity index (χ2n) is 6.92. The first-order valence-corrected chi connectivity index (χ1v) is 9.45. The zero-order valence-electron chi connectivity index (χ0n) is 16.7. The van der Waals surface area contributed by atoms with Crippen molar-refractivity contribution >= 4 is 17.5 Å². The lowest BCUT2D eigenvalue weighted by Crippen LogP contribution is -2.28. The van der Waals surface area contributed by atoms with Gasteiger partial charge in [0.05, 0.1) is 23.7 Å². The van der Waals surface area contributed by atoms with Crippen LogP contribution in [-0.2, 0) is 11.2 Å². The van der Waals surface area contributed by atoms with E-state index in [1.54, 1.807) is 13.0 Å². The molecule has 0 heterocycles. The van der Waals surface area contributed by atoms with E-state index in [2.05, 4.69) is 10.6 Å². The summed E-state index contributed by atoms with van der Waals surface area (Å²) < 4.78 is 67.6. The molecule has 3 aromatic carbocycles. The smallest absolute Gasteiger partial charge is 0.253 e. The van der Waals surface area contributed by atoms with E-state index >= 15 is 0 Å². The molecule has 0 radical (unpaired) electrons. The van der Waals surface area contributed by atoms with Crippen LogP contribution < -0.4 is 10.6 Å². The predicted octanol–water partition coefficient (Wildman–Crippen LogP) is 5.05. The zero-order chi connectivity index (χ0) is 23.4. The van der Waals surface area contributed by atoms with Crippen molar-refractivity contribution in [2.45, 2.75) is 19.4 Å². The van der Waals surface area contributed by atoms with Gasteiger partial charge in [0.15, 0.2) is 23.3 Å². The van der Waals surface area contributed by atoms with Crippen LogP contribution in [0.5, 0.6) is 0 Å². The Kier molecular flexibility index (Phi) is 6.87. The lowest BCUT2D eigenvalue weighted by atomic mass is 10.1. The van der Waals surface area contributed by atoms with Gasteiger partial charge >= 0.3 is 0 Å². The van der Waals surface area contributed by atoms with Gasteiger partial charge in [-0.2, -0.15) is 0 Å². The summed E-state index contributed by atoms with van der Waals surface area (Å²) in [6.45, 7) is 1.76. The molecular formula is C23H17F5N2O2. The number of hydrogen-bond acceptors (Lipinski definition) is 2. The van der Waals surface area contributed by atoms with E-state index in [9.17, 15) is 31.5 Å². The summed E-state index contributed by atoms with van der Waals surface area (Å²) >= 11 is 0. The fourth-order valence-electron chi connectivity index (χ4n) is 3.05. The first kappa shape index (κ1) is 22.9. The second kappa shape index (κ2) is 9.59. The molecule has 0 aliphatic carbocycles. The molecule has 9 heteroatoms. The maximum Gasteiger partial charge on any atom is 0.253 e. The van der Waals surface area contributed by atoms with E-state index in [1.807, 2.05) is 30.3 Å². The van der Waals surface area contributed by atoms with E-state index < -0.39 is 52.9 Å². The Bertz CT molecular complexity index is 1140. The Morgan fingerprint density at radius 3 is 1.94 bits per heavy atom. The number of anilines is 1. The number of rotatable bonds is 6. The van der Waals surface area contributed by atoms with Gasteiger partial charge in [-0.1, -0.05) is 42.5 Å². The van der Waals surface area contributed by atoms with Gasteiger partial charge in [-0.3, -0.25) is 9.59 Å². The first-order valence-electron chi connectivity index (χ1n) is 9.45. The average Bonchev–Trinajstić information content (AvgIpc) is 2.80. The number of benzene rings is 3. The second-order valence-corrected chi connectivity index (χ2v) is 6.92. The van der Waals surface area contributed by atoms with Crippen LogP contribution in [-0.4, -0.2) is 11.8 Å². The number of hydrogen-bond donors (Lipinski definition) is 2. The van der Waals surface area contributed by atoms with Gasteiger partial charge in [-0.25, -0.2) is 22.0 Å². The number of amides is 2. The van der Waals surface area contributed by atoms with Gasteiger partial charge in [0, 0.05) is 5.56 Å². The molecule has 3 rings (SSSR count). The summed E-state index contributed by atoms with van der Waals surface area (Å²) in [5, 5.41) is 5.05. The standard InChI is InChI=1S/C23H17F5N2O2/c1-12(13-7-3-2-4-8-13)29-23(32)14-9-5-6-10-16(14)30-17(31)11-15-18(24)20(26)22(28)21(27)19(15)25/h2-10,12H,11H2,1H3,(H,29,32)(H,30,31)/t12-/m0/s1. The summed E-state index contributed by atoms with van der Waals surface area (Å²) in [4.78, 5) is 25.0. The highest BCUT2D eigenvalue weighted by Gasteiger charge is 2.27. The third-order valence-electron chi connectivity index (χ3n) is 4.73. The average molecular weight is 448 g/mol. The zero-order valence-corrected chi connectivity index (χ0v) is 16.7. The molecule has 0 bridgehead atoms. The lowest BCUT2D eigenvalue weighted by Gasteiger charge is -2.16. The quantitative estimate of drug-likeness (QED) is 0.315. The molecule has 32 heavy (non-hydrogen) atoms. The Balaban J connectivity index is 1.78. The maximum atomic E-state index is 13.8. The molecule has 2 amide bonds. The highest BCUT2D eigenvalue weighted by molar-refractivity contribution is 6.04. The van der Waals surface area contributed by atoms with Crippen LogP contribution >= 0.6 is 0 Å². The number of halogens is 5. The van der Waals surface area contributed by atoms with E-state index in [4.69, 9.17) is 0 Å². The molecule has 0 saturated heterocycles. The van der Waals surface area contributed by atoms with Gasteiger partial charge in [0.1, 0.15) is 0 Å². The van der Waals surface area contributed by atoms with Gasteiger partial charge in [0.2, 0.25) is 11.7 Å². The van der Waals surface area contributed by atoms with Crippen LogP contribution in [0.4, 0.5) is 27.6 Å². The highest BCUT2D eigenvalue weighted by Crippen LogP contribution is 2.24. The SMILES string of the molecule is C[C@H](NC(=O)c1ccccc1NC(=O)Cc1c(F)c(F)c(F)c(F)c1F)c1ccccc1. The Morgan fingerprint density at radius 1 is 0.781 bits per heavy atom. The molecule has 3 aromatic rings. The topological polar surface area (TPSA) is 58.2 Å². The summed E-state index contributed by atoms with van der Waals surface area (Å²) in [5.74, 6) is -12.3. The third kappa shape index (κ3) is 4.77. The molecule has 1 atom stereocenters. The molecule has 0 aromatic heterocycles. The molecule has 0 fully saturated rings. The van der Waals surface area contributed by atoms with E-state index in [0.717, 1.165) is 5.56 Å². The van der Waals surface area contributed by atoms with Gasteiger partial charge in [0.25, 0.3) is 5.91 Å². The monoisotopic (exact) mass is 448 g/mol. The molecular weight excluding hydrogens is 431 g/mol. The molecule has 2 N–H and O–H groups in total. The molecule has 0 aliphatic rings. The number of para-hydroxylation sites is 1. The molecule has 0 unspecified atom stereocenters. The summed E-state index contributed by atoms with van der Waals surface area (Å²) in [5.41, 5.74) is -0.354. The molecule has 0 saturated carbocycles. The van der Waals surface area contributed by atoms with E-state index in [-0.39, 0.29) is 17.3 Å². The molecule has 4 nitrogen and oxygen atoms in total. The third-order valence-corrected chi connectivity index (χ3v) is 4.73. The van der Waals surface area contributed by atoms with Crippen molar-refractivity contribution in [2.75, 3.05) is 5.32 Å². The van der Waals surface area contributed by atoms with Crippen LogP contribution in [0.1, 0.15) is 34.5 Å². The van der Waals surface area contributed by atoms with Crippen molar-refractivity contribution < 1.29 is 31.5 Å². The van der Waals surface area contributed by atoms with Crippen LogP contribution in [0.3, 0.4) is 0 Å². The van der Waals surface area contributed by atoms with Gasteiger partial charge < -0.3 is 10.6 Å². The molecule has 0 aliphatic heterocycles. The molecule has 0 spiro atoms.